The topological polar surface area (TPSA) is 79.7 Å². The van der Waals surface area contributed by atoms with Gasteiger partial charge in [0, 0.05) is 5.69 Å². The van der Waals surface area contributed by atoms with E-state index in [0.717, 1.165) is 0 Å². The molecule has 0 amide bonds. The zero-order valence-electron chi connectivity index (χ0n) is 12.7. The molecule has 2 aromatic rings. The lowest BCUT2D eigenvalue weighted by Gasteiger charge is -2.19. The molecule has 118 valence electrons. The number of methoxy groups -OCH3 is 3. The number of ether oxygens (including phenoxy) is 3. The van der Waals surface area contributed by atoms with Crippen LogP contribution in [0.15, 0.2) is 30.3 Å². The van der Waals surface area contributed by atoms with Gasteiger partial charge < -0.3 is 25.7 Å². The van der Waals surface area contributed by atoms with Crippen molar-refractivity contribution < 1.29 is 18.6 Å². The molecule has 0 spiro atoms. The summed E-state index contributed by atoms with van der Waals surface area (Å²) in [5, 5.41) is 0. The van der Waals surface area contributed by atoms with Crippen molar-refractivity contribution in [3.05, 3.63) is 47.3 Å². The third-order valence-electron chi connectivity index (χ3n) is 3.43. The summed E-state index contributed by atoms with van der Waals surface area (Å²) in [7, 11) is 4.58. The van der Waals surface area contributed by atoms with Crippen LogP contribution in [0, 0.1) is 5.82 Å². The van der Waals surface area contributed by atoms with Crippen molar-refractivity contribution in [1.82, 2.24) is 0 Å². The normalized spacial score (nSPS) is 11.9. The maximum absolute atomic E-state index is 13.2. The molecule has 0 heterocycles. The lowest BCUT2D eigenvalue weighted by atomic mass is 9.97. The van der Waals surface area contributed by atoms with Gasteiger partial charge in [0.05, 0.1) is 27.4 Å². The monoisotopic (exact) mass is 306 g/mol. The molecule has 0 radical (unpaired) electrons. The minimum absolute atomic E-state index is 0.293. The Hall–Kier alpha value is -2.47. The van der Waals surface area contributed by atoms with E-state index in [0.29, 0.717) is 34.1 Å². The molecule has 0 aliphatic rings. The number of rotatable bonds is 5. The highest BCUT2D eigenvalue weighted by atomic mass is 19.1. The van der Waals surface area contributed by atoms with Crippen LogP contribution < -0.4 is 25.7 Å². The van der Waals surface area contributed by atoms with Crippen LogP contribution in [0.1, 0.15) is 17.2 Å². The largest absolute Gasteiger partial charge is 0.493 e. The van der Waals surface area contributed by atoms with Crippen LogP contribution in [0.4, 0.5) is 10.1 Å². The molecule has 6 heteroatoms. The molecule has 0 aliphatic carbocycles. The quantitative estimate of drug-likeness (QED) is 0.830. The Labute approximate surface area is 128 Å². The zero-order valence-corrected chi connectivity index (χ0v) is 12.7. The minimum atomic E-state index is -0.547. The second-order valence-electron chi connectivity index (χ2n) is 4.71. The van der Waals surface area contributed by atoms with Crippen LogP contribution in [0.5, 0.6) is 17.2 Å². The summed E-state index contributed by atoms with van der Waals surface area (Å²) in [6, 6.07) is 7.08. The zero-order chi connectivity index (χ0) is 16.3. The molecule has 5 nitrogen and oxygen atoms in total. The molecule has 2 rings (SSSR count). The van der Waals surface area contributed by atoms with Crippen molar-refractivity contribution in [2.75, 3.05) is 27.1 Å². The molecule has 2 aromatic carbocycles. The first-order chi connectivity index (χ1) is 10.5. The van der Waals surface area contributed by atoms with E-state index in [1.807, 2.05) is 0 Å². The minimum Gasteiger partial charge on any atom is -0.493 e. The fourth-order valence-corrected chi connectivity index (χ4v) is 2.29. The van der Waals surface area contributed by atoms with Gasteiger partial charge in [-0.1, -0.05) is 6.07 Å². The lowest BCUT2D eigenvalue weighted by molar-refractivity contribution is 0.323. The van der Waals surface area contributed by atoms with Crippen molar-refractivity contribution in [2.24, 2.45) is 5.73 Å². The molecular formula is C16H19FN2O3. The number of hydrogen-bond donors (Lipinski definition) is 2. The van der Waals surface area contributed by atoms with Crippen LogP contribution in [-0.2, 0) is 0 Å². The van der Waals surface area contributed by atoms with Crippen LogP contribution in [0.3, 0.4) is 0 Å². The fourth-order valence-electron chi connectivity index (χ4n) is 2.29. The first kappa shape index (κ1) is 15.9. The Bertz CT molecular complexity index is 651. The number of halogens is 1. The fraction of sp³-hybridized carbons (Fsp3) is 0.250. The summed E-state index contributed by atoms with van der Waals surface area (Å²) in [4.78, 5) is 0. The highest BCUT2D eigenvalue weighted by molar-refractivity contribution is 5.58. The van der Waals surface area contributed by atoms with Crippen LogP contribution in [-0.4, -0.2) is 21.3 Å². The van der Waals surface area contributed by atoms with Gasteiger partial charge in [0.1, 0.15) is 5.82 Å². The van der Waals surface area contributed by atoms with Crippen molar-refractivity contribution >= 4 is 5.69 Å². The van der Waals surface area contributed by atoms with Gasteiger partial charge in [-0.05, 0) is 35.4 Å². The van der Waals surface area contributed by atoms with E-state index < -0.39 is 11.9 Å². The van der Waals surface area contributed by atoms with E-state index in [4.69, 9.17) is 25.7 Å². The maximum atomic E-state index is 13.2. The molecule has 4 N–H and O–H groups in total. The van der Waals surface area contributed by atoms with Gasteiger partial charge in [0.25, 0.3) is 0 Å². The molecule has 0 aliphatic heterocycles. The molecule has 0 saturated carbocycles. The summed E-state index contributed by atoms with van der Waals surface area (Å²) < 4.78 is 29.1. The standard InChI is InChI=1S/C16H19FN2O3/c1-20-13-6-9(7-14(21-2)16(13)22-3)15(19)11-5-4-10(17)8-12(11)18/h4-8,15H,18-19H2,1-3H3. The Morgan fingerprint density at radius 2 is 1.55 bits per heavy atom. The van der Waals surface area contributed by atoms with E-state index in [1.54, 1.807) is 18.2 Å². The maximum Gasteiger partial charge on any atom is 0.203 e. The summed E-state index contributed by atoms with van der Waals surface area (Å²) in [5.74, 6) is 1.06. The number of benzene rings is 2. The van der Waals surface area contributed by atoms with Gasteiger partial charge in [-0.3, -0.25) is 0 Å². The van der Waals surface area contributed by atoms with Crippen LogP contribution >= 0.6 is 0 Å². The van der Waals surface area contributed by atoms with Crippen LogP contribution in [0.2, 0.25) is 0 Å². The van der Waals surface area contributed by atoms with E-state index in [9.17, 15) is 4.39 Å². The van der Waals surface area contributed by atoms with E-state index in [2.05, 4.69) is 0 Å². The molecule has 22 heavy (non-hydrogen) atoms. The SMILES string of the molecule is COc1cc(C(N)c2ccc(F)cc2N)cc(OC)c1OC. The first-order valence-electron chi connectivity index (χ1n) is 6.62. The van der Waals surface area contributed by atoms with Crippen molar-refractivity contribution in [3.8, 4) is 17.2 Å². The van der Waals surface area contributed by atoms with Gasteiger partial charge in [-0.2, -0.15) is 0 Å². The molecule has 0 fully saturated rings. The Kier molecular flexibility index (Phi) is 4.72. The molecular weight excluding hydrogens is 287 g/mol. The predicted molar refractivity (Wildman–Crippen MR) is 82.9 cm³/mol. The van der Waals surface area contributed by atoms with E-state index in [1.165, 1.54) is 33.5 Å². The molecule has 0 bridgehead atoms. The van der Waals surface area contributed by atoms with Gasteiger partial charge in [0.15, 0.2) is 11.5 Å². The summed E-state index contributed by atoms with van der Waals surface area (Å²) in [6.45, 7) is 0. The molecule has 0 saturated heterocycles. The summed E-state index contributed by atoms with van der Waals surface area (Å²) >= 11 is 0. The molecule has 1 atom stereocenters. The van der Waals surface area contributed by atoms with Crippen LogP contribution in [0.25, 0.3) is 0 Å². The Morgan fingerprint density at radius 1 is 0.955 bits per heavy atom. The van der Waals surface area contributed by atoms with E-state index >= 15 is 0 Å². The number of hydrogen-bond acceptors (Lipinski definition) is 5. The average Bonchev–Trinajstić information content (AvgIpc) is 2.52. The van der Waals surface area contributed by atoms with Gasteiger partial charge in [-0.15, -0.1) is 0 Å². The third kappa shape index (κ3) is 2.92. The van der Waals surface area contributed by atoms with Gasteiger partial charge in [-0.25, -0.2) is 4.39 Å². The van der Waals surface area contributed by atoms with Gasteiger partial charge in [0.2, 0.25) is 5.75 Å². The van der Waals surface area contributed by atoms with Crippen molar-refractivity contribution in [2.45, 2.75) is 6.04 Å². The first-order valence-corrected chi connectivity index (χ1v) is 6.62. The Morgan fingerprint density at radius 3 is 2.00 bits per heavy atom. The molecule has 0 aromatic heterocycles. The highest BCUT2D eigenvalue weighted by Gasteiger charge is 2.19. The third-order valence-corrected chi connectivity index (χ3v) is 3.43. The predicted octanol–water partition coefficient (Wildman–Crippen LogP) is 2.48. The second kappa shape index (κ2) is 6.53. The van der Waals surface area contributed by atoms with Gasteiger partial charge >= 0.3 is 0 Å². The number of nitrogen functional groups attached to an aromatic ring is 1. The summed E-state index contributed by atoms with van der Waals surface area (Å²) in [6.07, 6.45) is 0. The number of nitrogens with two attached hydrogens (primary N) is 2. The van der Waals surface area contributed by atoms with Crippen molar-refractivity contribution in [1.29, 1.82) is 0 Å². The summed E-state index contributed by atoms with van der Waals surface area (Å²) in [5.41, 5.74) is 13.7. The van der Waals surface area contributed by atoms with Crippen molar-refractivity contribution in [3.63, 3.8) is 0 Å². The van der Waals surface area contributed by atoms with E-state index in [-0.39, 0.29) is 0 Å². The Balaban J connectivity index is 2.51. The second-order valence-corrected chi connectivity index (χ2v) is 4.71. The lowest BCUT2D eigenvalue weighted by Crippen LogP contribution is -2.14. The molecule has 1 unspecified atom stereocenters. The smallest absolute Gasteiger partial charge is 0.203 e. The highest BCUT2D eigenvalue weighted by Crippen LogP contribution is 2.40. The average molecular weight is 306 g/mol. The number of anilines is 1.